The third-order valence-corrected chi connectivity index (χ3v) is 3.99. The van der Waals surface area contributed by atoms with Gasteiger partial charge in [0.1, 0.15) is 18.2 Å². The number of ether oxygens (including phenoxy) is 3. The van der Waals surface area contributed by atoms with Gasteiger partial charge in [0.2, 0.25) is 0 Å². The van der Waals surface area contributed by atoms with E-state index in [4.69, 9.17) is 14.2 Å². The minimum atomic E-state index is -1.10. The van der Waals surface area contributed by atoms with E-state index >= 15 is 0 Å². The summed E-state index contributed by atoms with van der Waals surface area (Å²) in [5.41, 5.74) is 1.93. The zero-order valence-electron chi connectivity index (χ0n) is 15.3. The van der Waals surface area contributed by atoms with Gasteiger partial charge in [-0.1, -0.05) is 35.5 Å². The molecule has 2 aromatic carbocycles. The summed E-state index contributed by atoms with van der Waals surface area (Å²) >= 11 is 0. The first kappa shape index (κ1) is 20.0. The van der Waals surface area contributed by atoms with Crippen molar-refractivity contribution in [2.75, 3.05) is 14.2 Å². The summed E-state index contributed by atoms with van der Waals surface area (Å²) < 4.78 is 16.0. The van der Waals surface area contributed by atoms with Crippen LogP contribution >= 0.6 is 0 Å². The molecular formula is C20H21NO6. The predicted molar refractivity (Wildman–Crippen MR) is 101 cm³/mol. The Morgan fingerprint density at radius 2 is 1.93 bits per heavy atom. The fraction of sp³-hybridized carbons (Fsp3) is 0.250. The lowest BCUT2D eigenvalue weighted by Crippen LogP contribution is -2.06. The van der Waals surface area contributed by atoms with Gasteiger partial charge >= 0.3 is 5.97 Å². The molecular weight excluding hydrogens is 350 g/mol. The largest absolute Gasteiger partial charge is 0.503 e. The zero-order chi connectivity index (χ0) is 19.8. The molecule has 1 unspecified atom stereocenters. The van der Waals surface area contributed by atoms with Crippen LogP contribution in [0.3, 0.4) is 0 Å². The number of hydrogen-bond donors (Lipinski definition) is 1. The molecule has 7 heteroatoms. The van der Waals surface area contributed by atoms with Crippen molar-refractivity contribution in [3.63, 3.8) is 0 Å². The molecule has 0 aliphatic carbocycles. The molecule has 27 heavy (non-hydrogen) atoms. The molecule has 0 amide bonds. The van der Waals surface area contributed by atoms with E-state index in [1.807, 2.05) is 0 Å². The fourth-order valence-electron chi connectivity index (χ4n) is 2.54. The summed E-state index contributed by atoms with van der Waals surface area (Å²) in [6, 6.07) is 11.6. The van der Waals surface area contributed by atoms with Crippen LogP contribution in [0.15, 0.2) is 53.9 Å². The molecule has 2 rings (SSSR count). The molecule has 2 aromatic rings. The number of aliphatic carboxylic acids is 1. The number of benzene rings is 2. The molecule has 0 saturated heterocycles. The van der Waals surface area contributed by atoms with E-state index in [1.54, 1.807) is 49.4 Å². The second-order valence-electron chi connectivity index (χ2n) is 5.71. The summed E-state index contributed by atoms with van der Waals surface area (Å²) in [6.45, 7) is 1.82. The summed E-state index contributed by atoms with van der Waals surface area (Å²) in [7, 11) is 2.90. The molecule has 7 nitrogen and oxygen atoms in total. The number of carbonyl (C=O) groups is 1. The van der Waals surface area contributed by atoms with Crippen LogP contribution in [0.4, 0.5) is 0 Å². The predicted octanol–water partition coefficient (Wildman–Crippen LogP) is 4.17. The molecule has 0 spiro atoms. The van der Waals surface area contributed by atoms with E-state index in [0.717, 1.165) is 0 Å². The summed E-state index contributed by atoms with van der Waals surface area (Å²) in [6.07, 6.45) is 1.18. The first-order valence-electron chi connectivity index (χ1n) is 8.19. The van der Waals surface area contributed by atoms with Crippen molar-refractivity contribution in [1.29, 1.82) is 0 Å². The Morgan fingerprint density at radius 1 is 1.19 bits per heavy atom. The Hall–Kier alpha value is -3.35. The zero-order valence-corrected chi connectivity index (χ0v) is 15.3. The van der Waals surface area contributed by atoms with Gasteiger partial charge in [-0.05, 0) is 35.7 Å². The standard InChI is InChI=1S/C20H21NO6/c1-13(21-24)14-8-9-18(19(10-14)26-3)27-11-15-6-4-5-7-16(15)17(12-25-2)20(22)23/h4-10,12-13H,11H2,1-3H3,(H,22,23). The Bertz CT molecular complexity index is 846. The van der Waals surface area contributed by atoms with Crippen LogP contribution in [0.1, 0.15) is 29.7 Å². The molecule has 0 aromatic heterocycles. The Labute approximate surface area is 157 Å². The number of methoxy groups -OCH3 is 2. The van der Waals surface area contributed by atoms with Crippen molar-refractivity contribution in [3.05, 3.63) is 70.3 Å². The normalized spacial score (nSPS) is 12.2. The molecule has 0 aliphatic rings. The number of nitrogens with zero attached hydrogens (tertiary/aromatic N) is 1. The molecule has 1 N–H and O–H groups in total. The molecule has 1 atom stereocenters. The molecule has 142 valence electrons. The number of hydrogen-bond acceptors (Lipinski definition) is 6. The minimum absolute atomic E-state index is 0.0323. The lowest BCUT2D eigenvalue weighted by atomic mass is 10.0. The second-order valence-corrected chi connectivity index (χ2v) is 5.71. The molecule has 0 saturated carbocycles. The van der Waals surface area contributed by atoms with Gasteiger partial charge in [0.15, 0.2) is 11.5 Å². The van der Waals surface area contributed by atoms with E-state index < -0.39 is 12.0 Å². The lowest BCUT2D eigenvalue weighted by Gasteiger charge is -2.15. The van der Waals surface area contributed by atoms with Gasteiger partial charge in [-0.25, -0.2) is 4.79 Å². The van der Waals surface area contributed by atoms with E-state index in [0.29, 0.717) is 28.2 Å². The third-order valence-electron chi connectivity index (χ3n) is 3.99. The van der Waals surface area contributed by atoms with Crippen LogP contribution in [-0.2, 0) is 16.1 Å². The highest BCUT2D eigenvalue weighted by Gasteiger charge is 2.16. The topological polar surface area (TPSA) is 94.4 Å². The third kappa shape index (κ3) is 4.84. The monoisotopic (exact) mass is 371 g/mol. The van der Waals surface area contributed by atoms with Gasteiger partial charge < -0.3 is 19.3 Å². The smallest absolute Gasteiger partial charge is 0.339 e. The van der Waals surface area contributed by atoms with Gasteiger partial charge in [-0.3, -0.25) is 0 Å². The van der Waals surface area contributed by atoms with Crippen LogP contribution in [0.2, 0.25) is 0 Å². The highest BCUT2D eigenvalue weighted by molar-refractivity contribution is 6.15. The Kier molecular flexibility index (Phi) is 6.93. The Morgan fingerprint density at radius 3 is 2.56 bits per heavy atom. The average molecular weight is 371 g/mol. The van der Waals surface area contributed by atoms with Crippen molar-refractivity contribution < 1.29 is 24.1 Å². The van der Waals surface area contributed by atoms with Crippen LogP contribution in [0.5, 0.6) is 11.5 Å². The minimum Gasteiger partial charge on any atom is -0.503 e. The SMILES string of the molecule is COC=C(C(=O)O)c1ccccc1COc1ccc(C(C)N=O)cc1OC. The quantitative estimate of drug-likeness (QED) is 0.404. The highest BCUT2D eigenvalue weighted by atomic mass is 16.5. The molecule has 0 bridgehead atoms. The first-order chi connectivity index (χ1) is 13.0. The van der Waals surface area contributed by atoms with Crippen molar-refractivity contribution >= 4 is 11.5 Å². The molecule has 0 aliphatic heterocycles. The van der Waals surface area contributed by atoms with Gasteiger partial charge in [0.05, 0.1) is 20.5 Å². The summed E-state index contributed by atoms with van der Waals surface area (Å²) in [5.74, 6) is -0.158. The van der Waals surface area contributed by atoms with E-state index in [-0.39, 0.29) is 12.2 Å². The van der Waals surface area contributed by atoms with Gasteiger partial charge in [-0.15, -0.1) is 0 Å². The number of nitroso groups, excluding NO2 is 1. The van der Waals surface area contributed by atoms with Crippen molar-refractivity contribution in [3.8, 4) is 11.5 Å². The average Bonchev–Trinajstić information content (AvgIpc) is 2.69. The molecule has 0 radical (unpaired) electrons. The fourth-order valence-corrected chi connectivity index (χ4v) is 2.54. The maximum absolute atomic E-state index is 11.5. The van der Waals surface area contributed by atoms with Crippen molar-refractivity contribution in [2.45, 2.75) is 19.6 Å². The van der Waals surface area contributed by atoms with E-state index in [1.165, 1.54) is 20.5 Å². The summed E-state index contributed by atoms with van der Waals surface area (Å²) in [4.78, 5) is 22.2. The second kappa shape index (κ2) is 9.38. The van der Waals surface area contributed by atoms with E-state index in [2.05, 4.69) is 5.18 Å². The van der Waals surface area contributed by atoms with Crippen LogP contribution < -0.4 is 9.47 Å². The van der Waals surface area contributed by atoms with Crippen LogP contribution in [-0.4, -0.2) is 25.3 Å². The first-order valence-corrected chi connectivity index (χ1v) is 8.19. The summed E-state index contributed by atoms with van der Waals surface area (Å²) in [5, 5.41) is 12.4. The molecule has 0 heterocycles. The maximum Gasteiger partial charge on any atom is 0.339 e. The van der Waals surface area contributed by atoms with Crippen molar-refractivity contribution in [1.82, 2.24) is 0 Å². The lowest BCUT2D eigenvalue weighted by molar-refractivity contribution is -0.130. The van der Waals surface area contributed by atoms with Crippen LogP contribution in [0.25, 0.3) is 5.57 Å². The van der Waals surface area contributed by atoms with Gasteiger partial charge in [-0.2, -0.15) is 4.91 Å². The highest BCUT2D eigenvalue weighted by Crippen LogP contribution is 2.32. The molecule has 0 fully saturated rings. The maximum atomic E-state index is 11.5. The Balaban J connectivity index is 2.29. The van der Waals surface area contributed by atoms with Gasteiger partial charge in [0.25, 0.3) is 0 Å². The van der Waals surface area contributed by atoms with Crippen LogP contribution in [0, 0.1) is 4.91 Å². The number of carboxylic acid groups (broad SMARTS) is 1. The number of carboxylic acids is 1. The van der Waals surface area contributed by atoms with Gasteiger partial charge in [0, 0.05) is 0 Å². The van der Waals surface area contributed by atoms with Crippen molar-refractivity contribution in [2.24, 2.45) is 5.18 Å². The van der Waals surface area contributed by atoms with E-state index in [9.17, 15) is 14.8 Å². The number of rotatable bonds is 9.